The molecule has 0 bridgehead atoms. The van der Waals surface area contributed by atoms with Crippen molar-refractivity contribution in [2.45, 2.75) is 51.2 Å². The molecule has 2 rings (SSSR count). The fourth-order valence-corrected chi connectivity index (χ4v) is 3.84. The van der Waals surface area contributed by atoms with Crippen molar-refractivity contribution in [2.24, 2.45) is 5.73 Å². The fraction of sp³-hybridized carbons (Fsp3) is 0.444. The van der Waals surface area contributed by atoms with Gasteiger partial charge in [0, 0.05) is 11.8 Å². The SMILES string of the molecule is CCC(N)C(SCc1cc(C)cc(C)c1)c1ccc(C)o1. The minimum absolute atomic E-state index is 0.117. The minimum atomic E-state index is 0.117. The summed E-state index contributed by atoms with van der Waals surface area (Å²) in [4.78, 5) is 0. The molecular weight excluding hydrogens is 278 g/mol. The number of furan rings is 1. The normalized spacial score (nSPS) is 14.1. The Bertz CT molecular complexity index is 570. The number of aryl methyl sites for hydroxylation is 3. The zero-order valence-electron chi connectivity index (χ0n) is 13.3. The molecule has 2 N–H and O–H groups in total. The molecule has 2 atom stereocenters. The lowest BCUT2D eigenvalue weighted by Crippen LogP contribution is -2.25. The molecule has 21 heavy (non-hydrogen) atoms. The van der Waals surface area contributed by atoms with Crippen LogP contribution in [0, 0.1) is 20.8 Å². The lowest BCUT2D eigenvalue weighted by atomic mass is 10.1. The van der Waals surface area contributed by atoms with Crippen LogP contribution in [0.2, 0.25) is 0 Å². The van der Waals surface area contributed by atoms with Gasteiger partial charge in [0.05, 0.1) is 5.25 Å². The second kappa shape index (κ2) is 7.19. The van der Waals surface area contributed by atoms with E-state index in [0.29, 0.717) is 0 Å². The van der Waals surface area contributed by atoms with Crippen molar-refractivity contribution < 1.29 is 4.42 Å². The molecule has 0 fully saturated rings. The average Bonchev–Trinajstić information content (AvgIpc) is 2.84. The highest BCUT2D eigenvalue weighted by molar-refractivity contribution is 7.98. The number of hydrogen-bond donors (Lipinski definition) is 1. The van der Waals surface area contributed by atoms with E-state index >= 15 is 0 Å². The van der Waals surface area contributed by atoms with Crippen molar-refractivity contribution in [3.63, 3.8) is 0 Å². The van der Waals surface area contributed by atoms with Crippen LogP contribution in [0.1, 0.15) is 46.8 Å². The van der Waals surface area contributed by atoms with Gasteiger partial charge in [-0.05, 0) is 44.9 Å². The molecule has 0 spiro atoms. The molecule has 0 saturated heterocycles. The highest BCUT2D eigenvalue weighted by atomic mass is 32.2. The monoisotopic (exact) mass is 303 g/mol. The zero-order chi connectivity index (χ0) is 15.4. The van der Waals surface area contributed by atoms with Crippen molar-refractivity contribution in [3.05, 3.63) is 58.5 Å². The second-order valence-corrected chi connectivity index (χ2v) is 6.88. The quantitative estimate of drug-likeness (QED) is 0.823. The van der Waals surface area contributed by atoms with E-state index in [2.05, 4.69) is 45.0 Å². The van der Waals surface area contributed by atoms with E-state index in [0.717, 1.165) is 23.7 Å². The molecule has 3 heteroatoms. The third-order valence-electron chi connectivity index (χ3n) is 3.61. The average molecular weight is 303 g/mol. The molecule has 1 aromatic carbocycles. The molecule has 1 aromatic heterocycles. The van der Waals surface area contributed by atoms with Gasteiger partial charge in [0.25, 0.3) is 0 Å². The Morgan fingerprint density at radius 2 is 1.76 bits per heavy atom. The van der Waals surface area contributed by atoms with E-state index in [1.165, 1.54) is 16.7 Å². The highest BCUT2D eigenvalue weighted by Gasteiger charge is 2.22. The first-order valence-corrected chi connectivity index (χ1v) is 8.55. The lowest BCUT2D eigenvalue weighted by Gasteiger charge is -2.20. The van der Waals surface area contributed by atoms with Crippen LogP contribution in [0.15, 0.2) is 34.7 Å². The summed E-state index contributed by atoms with van der Waals surface area (Å²) < 4.78 is 5.80. The minimum Gasteiger partial charge on any atom is -0.465 e. The van der Waals surface area contributed by atoms with Crippen LogP contribution in [0.4, 0.5) is 0 Å². The van der Waals surface area contributed by atoms with Crippen LogP contribution in [-0.2, 0) is 5.75 Å². The Morgan fingerprint density at radius 3 is 2.29 bits per heavy atom. The van der Waals surface area contributed by atoms with Crippen LogP contribution in [0.3, 0.4) is 0 Å². The topological polar surface area (TPSA) is 39.2 Å². The van der Waals surface area contributed by atoms with Gasteiger partial charge in [-0.25, -0.2) is 0 Å². The molecule has 0 amide bonds. The number of benzene rings is 1. The van der Waals surface area contributed by atoms with Crippen LogP contribution < -0.4 is 5.73 Å². The molecule has 0 aliphatic rings. The molecule has 0 aliphatic carbocycles. The summed E-state index contributed by atoms with van der Waals surface area (Å²) in [5, 5.41) is 0.213. The Hall–Kier alpha value is -1.19. The number of nitrogens with two attached hydrogens (primary N) is 1. The van der Waals surface area contributed by atoms with E-state index in [1.807, 2.05) is 24.8 Å². The molecule has 2 unspecified atom stereocenters. The fourth-order valence-electron chi connectivity index (χ4n) is 2.58. The summed E-state index contributed by atoms with van der Waals surface area (Å²) in [5.74, 6) is 2.90. The van der Waals surface area contributed by atoms with Gasteiger partial charge < -0.3 is 10.2 Å². The number of hydrogen-bond acceptors (Lipinski definition) is 3. The first-order chi connectivity index (χ1) is 9.99. The molecule has 2 aromatic rings. The largest absolute Gasteiger partial charge is 0.465 e. The molecule has 0 saturated carbocycles. The lowest BCUT2D eigenvalue weighted by molar-refractivity contribution is 0.454. The maximum absolute atomic E-state index is 6.30. The van der Waals surface area contributed by atoms with E-state index in [4.69, 9.17) is 10.2 Å². The summed E-state index contributed by atoms with van der Waals surface area (Å²) in [6.07, 6.45) is 0.949. The first-order valence-electron chi connectivity index (χ1n) is 7.50. The molecule has 114 valence electrons. The first kappa shape index (κ1) is 16.2. The molecule has 2 nitrogen and oxygen atoms in total. The van der Waals surface area contributed by atoms with Gasteiger partial charge in [-0.3, -0.25) is 0 Å². The Balaban J connectivity index is 2.12. The summed E-state index contributed by atoms with van der Waals surface area (Å²) in [6, 6.07) is 10.9. The third-order valence-corrected chi connectivity index (χ3v) is 5.05. The highest BCUT2D eigenvalue weighted by Crippen LogP contribution is 2.36. The van der Waals surface area contributed by atoms with E-state index in [-0.39, 0.29) is 11.3 Å². The van der Waals surface area contributed by atoms with Crippen molar-refractivity contribution in [3.8, 4) is 0 Å². The van der Waals surface area contributed by atoms with Gasteiger partial charge in [-0.15, -0.1) is 11.8 Å². The second-order valence-electron chi connectivity index (χ2n) is 5.75. The van der Waals surface area contributed by atoms with Crippen molar-refractivity contribution in [1.82, 2.24) is 0 Å². The van der Waals surface area contributed by atoms with E-state index in [1.54, 1.807) is 0 Å². The Kier molecular flexibility index (Phi) is 5.54. The standard InChI is InChI=1S/C18H25NOS/c1-5-16(19)18(17-7-6-14(4)20-17)21-11-15-9-12(2)8-13(3)10-15/h6-10,16,18H,5,11,19H2,1-4H3. The maximum atomic E-state index is 6.30. The smallest absolute Gasteiger partial charge is 0.118 e. The predicted molar refractivity (Wildman–Crippen MR) is 91.7 cm³/mol. The Labute approximate surface area is 132 Å². The van der Waals surface area contributed by atoms with Crippen LogP contribution >= 0.6 is 11.8 Å². The van der Waals surface area contributed by atoms with Gasteiger partial charge in [0.15, 0.2) is 0 Å². The van der Waals surface area contributed by atoms with Crippen LogP contribution in [-0.4, -0.2) is 6.04 Å². The van der Waals surface area contributed by atoms with Gasteiger partial charge in [0.1, 0.15) is 11.5 Å². The Morgan fingerprint density at radius 1 is 1.10 bits per heavy atom. The van der Waals surface area contributed by atoms with Gasteiger partial charge in [0.2, 0.25) is 0 Å². The summed E-state index contributed by atoms with van der Waals surface area (Å²) >= 11 is 1.87. The van der Waals surface area contributed by atoms with Gasteiger partial charge in [-0.2, -0.15) is 0 Å². The summed E-state index contributed by atoms with van der Waals surface area (Å²) in [7, 11) is 0. The number of thioether (sulfide) groups is 1. The van der Waals surface area contributed by atoms with Crippen molar-refractivity contribution in [2.75, 3.05) is 0 Å². The van der Waals surface area contributed by atoms with Crippen molar-refractivity contribution in [1.29, 1.82) is 0 Å². The molecule has 0 radical (unpaired) electrons. The molecular formula is C18H25NOS. The number of rotatable bonds is 6. The summed E-state index contributed by atoms with van der Waals surface area (Å²) in [6.45, 7) is 8.40. The van der Waals surface area contributed by atoms with Gasteiger partial charge in [-0.1, -0.05) is 36.2 Å². The van der Waals surface area contributed by atoms with Crippen molar-refractivity contribution >= 4 is 11.8 Å². The maximum Gasteiger partial charge on any atom is 0.118 e. The zero-order valence-corrected chi connectivity index (χ0v) is 14.2. The summed E-state index contributed by atoms with van der Waals surface area (Å²) in [5.41, 5.74) is 10.3. The molecule has 1 heterocycles. The van der Waals surface area contributed by atoms with Gasteiger partial charge >= 0.3 is 0 Å². The van der Waals surface area contributed by atoms with E-state index in [9.17, 15) is 0 Å². The molecule has 0 aliphatic heterocycles. The van der Waals surface area contributed by atoms with E-state index < -0.39 is 0 Å². The third kappa shape index (κ3) is 4.39. The van der Waals surface area contributed by atoms with Crippen LogP contribution in [0.25, 0.3) is 0 Å². The van der Waals surface area contributed by atoms with Crippen LogP contribution in [0.5, 0.6) is 0 Å². The predicted octanol–water partition coefficient (Wildman–Crippen LogP) is 4.92.